The molecule has 1 aliphatic heterocycles. The van der Waals surface area contributed by atoms with E-state index in [4.69, 9.17) is 0 Å². The summed E-state index contributed by atoms with van der Waals surface area (Å²) >= 11 is 0. The van der Waals surface area contributed by atoms with Crippen LogP contribution in [0.2, 0.25) is 0 Å². The molecule has 2 heteroatoms. The molecule has 1 saturated heterocycles. The highest BCUT2D eigenvalue weighted by Gasteiger charge is 2.17. The van der Waals surface area contributed by atoms with Gasteiger partial charge in [-0.15, -0.1) is 0 Å². The Kier molecular flexibility index (Phi) is 4.44. The molecule has 0 saturated carbocycles. The van der Waals surface area contributed by atoms with E-state index in [1.807, 2.05) is 0 Å². The second kappa shape index (κ2) is 6.66. The van der Waals surface area contributed by atoms with Crippen molar-refractivity contribution in [2.75, 3.05) is 23.3 Å². The third-order valence-corrected chi connectivity index (χ3v) is 4.29. The van der Waals surface area contributed by atoms with Crippen LogP contribution in [-0.2, 0) is 0 Å². The van der Waals surface area contributed by atoms with E-state index in [9.17, 15) is 0 Å². The number of benzene rings is 2. The Hall–Kier alpha value is -1.96. The molecular weight excluding hydrogens is 256 g/mol. The van der Waals surface area contributed by atoms with Gasteiger partial charge >= 0.3 is 0 Å². The first-order valence-corrected chi connectivity index (χ1v) is 8.04. The van der Waals surface area contributed by atoms with Crippen molar-refractivity contribution in [3.63, 3.8) is 0 Å². The molecule has 0 amide bonds. The predicted octanol–water partition coefficient (Wildman–Crippen LogP) is 4.85. The van der Waals surface area contributed by atoms with Crippen LogP contribution >= 0.6 is 0 Å². The fourth-order valence-corrected chi connectivity index (χ4v) is 3.12. The average Bonchev–Trinajstić information content (AvgIpc) is 3.08. The highest BCUT2D eigenvalue weighted by atomic mass is 15.2. The molecule has 1 fully saturated rings. The van der Waals surface area contributed by atoms with Crippen molar-refractivity contribution in [2.45, 2.75) is 32.2 Å². The summed E-state index contributed by atoms with van der Waals surface area (Å²) in [5.74, 6) is 0. The van der Waals surface area contributed by atoms with E-state index < -0.39 is 0 Å². The van der Waals surface area contributed by atoms with Gasteiger partial charge in [-0.3, -0.25) is 0 Å². The number of rotatable bonds is 5. The predicted molar refractivity (Wildman–Crippen MR) is 91.0 cm³/mol. The Bertz CT molecular complexity index is 559. The van der Waals surface area contributed by atoms with Gasteiger partial charge in [0.05, 0.1) is 17.4 Å². The number of hydrogen-bond acceptors (Lipinski definition) is 2. The Morgan fingerprint density at radius 1 is 0.952 bits per heavy atom. The van der Waals surface area contributed by atoms with Gasteiger partial charge in [0.15, 0.2) is 0 Å². The molecule has 0 spiro atoms. The molecule has 1 unspecified atom stereocenters. The van der Waals surface area contributed by atoms with E-state index in [0.29, 0.717) is 6.04 Å². The molecule has 0 radical (unpaired) electrons. The Morgan fingerprint density at radius 2 is 1.62 bits per heavy atom. The summed E-state index contributed by atoms with van der Waals surface area (Å²) in [6.45, 7) is 4.60. The molecule has 0 bridgehead atoms. The quantitative estimate of drug-likeness (QED) is 0.842. The van der Waals surface area contributed by atoms with Crippen molar-refractivity contribution >= 4 is 11.4 Å². The van der Waals surface area contributed by atoms with Crippen LogP contribution in [0.1, 0.15) is 37.8 Å². The summed E-state index contributed by atoms with van der Waals surface area (Å²) in [6, 6.07) is 19.8. The molecule has 2 aromatic carbocycles. The topological polar surface area (TPSA) is 15.3 Å². The third-order valence-electron chi connectivity index (χ3n) is 4.29. The number of anilines is 2. The second-order valence-corrected chi connectivity index (χ2v) is 5.73. The minimum atomic E-state index is 0.370. The molecule has 2 aromatic rings. The van der Waals surface area contributed by atoms with Crippen LogP contribution in [0.25, 0.3) is 0 Å². The zero-order chi connectivity index (χ0) is 14.5. The molecule has 21 heavy (non-hydrogen) atoms. The highest BCUT2D eigenvalue weighted by molar-refractivity contribution is 5.70. The van der Waals surface area contributed by atoms with Crippen molar-refractivity contribution in [2.24, 2.45) is 0 Å². The van der Waals surface area contributed by atoms with E-state index in [1.54, 1.807) is 0 Å². The summed E-state index contributed by atoms with van der Waals surface area (Å²) in [5, 5.41) is 3.75. The van der Waals surface area contributed by atoms with Gasteiger partial charge in [0.2, 0.25) is 0 Å². The van der Waals surface area contributed by atoms with Crippen molar-refractivity contribution in [1.82, 2.24) is 0 Å². The zero-order valence-corrected chi connectivity index (χ0v) is 12.8. The lowest BCUT2D eigenvalue weighted by Gasteiger charge is -2.25. The van der Waals surface area contributed by atoms with Gasteiger partial charge in [0.25, 0.3) is 0 Å². The summed E-state index contributed by atoms with van der Waals surface area (Å²) < 4.78 is 0. The number of nitrogens with one attached hydrogen (secondary N) is 1. The van der Waals surface area contributed by atoms with Crippen molar-refractivity contribution in [3.05, 3.63) is 60.2 Å². The number of hydrogen-bond donors (Lipinski definition) is 1. The summed E-state index contributed by atoms with van der Waals surface area (Å²) in [5.41, 5.74) is 3.97. The second-order valence-electron chi connectivity index (χ2n) is 5.73. The summed E-state index contributed by atoms with van der Waals surface area (Å²) in [6.07, 6.45) is 3.70. The van der Waals surface area contributed by atoms with Crippen molar-refractivity contribution < 1.29 is 0 Å². The molecule has 0 aliphatic carbocycles. The summed E-state index contributed by atoms with van der Waals surface area (Å²) in [7, 11) is 0. The minimum absolute atomic E-state index is 0.370. The van der Waals surface area contributed by atoms with Crippen LogP contribution in [0.5, 0.6) is 0 Å². The van der Waals surface area contributed by atoms with Crippen LogP contribution in [0.3, 0.4) is 0 Å². The fourth-order valence-electron chi connectivity index (χ4n) is 3.12. The van der Waals surface area contributed by atoms with Gasteiger partial charge < -0.3 is 10.2 Å². The lowest BCUT2D eigenvalue weighted by Crippen LogP contribution is -2.20. The van der Waals surface area contributed by atoms with Crippen LogP contribution in [-0.4, -0.2) is 13.1 Å². The van der Waals surface area contributed by atoms with Gasteiger partial charge in [0.1, 0.15) is 0 Å². The van der Waals surface area contributed by atoms with Gasteiger partial charge in [-0.2, -0.15) is 0 Å². The first-order valence-electron chi connectivity index (χ1n) is 8.04. The maximum Gasteiger partial charge on any atom is 0.0602 e. The molecule has 1 atom stereocenters. The van der Waals surface area contributed by atoms with E-state index in [-0.39, 0.29) is 0 Å². The largest absolute Gasteiger partial charge is 0.377 e. The monoisotopic (exact) mass is 280 g/mol. The van der Waals surface area contributed by atoms with Crippen molar-refractivity contribution in [1.29, 1.82) is 0 Å². The smallest absolute Gasteiger partial charge is 0.0602 e. The Morgan fingerprint density at radius 3 is 2.33 bits per heavy atom. The standard InChI is InChI=1S/C19H24N2/c1-2-17(16-10-4-3-5-11-16)20-18-12-6-7-13-19(18)21-14-8-9-15-21/h3-7,10-13,17,20H,2,8-9,14-15H2,1H3. The number of nitrogens with zero attached hydrogens (tertiary/aromatic N) is 1. The normalized spacial score (nSPS) is 16.0. The van der Waals surface area contributed by atoms with E-state index in [0.717, 1.165) is 6.42 Å². The van der Waals surface area contributed by atoms with Gasteiger partial charge in [-0.25, -0.2) is 0 Å². The highest BCUT2D eigenvalue weighted by Crippen LogP contribution is 2.32. The van der Waals surface area contributed by atoms with Crippen LogP contribution in [0, 0.1) is 0 Å². The maximum absolute atomic E-state index is 3.75. The minimum Gasteiger partial charge on any atom is -0.377 e. The Balaban J connectivity index is 1.83. The van der Waals surface area contributed by atoms with Gasteiger partial charge in [-0.1, -0.05) is 49.4 Å². The summed E-state index contributed by atoms with van der Waals surface area (Å²) in [4.78, 5) is 2.50. The Labute approximate surface area is 127 Å². The molecule has 3 rings (SSSR count). The maximum atomic E-state index is 3.75. The molecule has 1 N–H and O–H groups in total. The molecule has 1 heterocycles. The molecule has 1 aliphatic rings. The lowest BCUT2D eigenvalue weighted by atomic mass is 10.0. The SMILES string of the molecule is CCC(Nc1ccccc1N1CCCC1)c1ccccc1. The van der Waals surface area contributed by atoms with Crippen molar-refractivity contribution in [3.8, 4) is 0 Å². The molecular formula is C19H24N2. The molecule has 2 nitrogen and oxygen atoms in total. The van der Waals surface area contributed by atoms with E-state index >= 15 is 0 Å². The van der Waals surface area contributed by atoms with Gasteiger partial charge in [0, 0.05) is 13.1 Å². The van der Waals surface area contributed by atoms with Gasteiger partial charge in [-0.05, 0) is 37.0 Å². The third kappa shape index (κ3) is 3.21. The molecule has 0 aromatic heterocycles. The van der Waals surface area contributed by atoms with Crippen LogP contribution in [0.4, 0.5) is 11.4 Å². The first kappa shape index (κ1) is 14.0. The lowest BCUT2D eigenvalue weighted by molar-refractivity contribution is 0.748. The van der Waals surface area contributed by atoms with E-state index in [1.165, 1.54) is 42.9 Å². The van der Waals surface area contributed by atoms with E-state index in [2.05, 4.69) is 71.7 Å². The zero-order valence-electron chi connectivity index (χ0n) is 12.8. The van der Waals surface area contributed by atoms with Crippen LogP contribution < -0.4 is 10.2 Å². The number of para-hydroxylation sites is 2. The molecule has 110 valence electrons. The first-order chi connectivity index (χ1) is 10.4. The van der Waals surface area contributed by atoms with Crippen LogP contribution in [0.15, 0.2) is 54.6 Å². The fraction of sp³-hybridized carbons (Fsp3) is 0.368. The average molecular weight is 280 g/mol.